The van der Waals surface area contributed by atoms with Crippen molar-refractivity contribution in [2.75, 3.05) is 11.4 Å². The number of hydrogen-bond donors (Lipinski definition) is 3. The third kappa shape index (κ3) is 1.61. The highest BCUT2D eigenvalue weighted by atomic mass is 32.1. The number of rotatable bonds is 2. The zero-order chi connectivity index (χ0) is 13.6. The third-order valence-corrected chi connectivity index (χ3v) is 4.62. The summed E-state index contributed by atoms with van der Waals surface area (Å²) in [6.07, 6.45) is 3.93. The van der Waals surface area contributed by atoms with Crippen molar-refractivity contribution in [1.29, 1.82) is 0 Å². The van der Waals surface area contributed by atoms with Crippen LogP contribution in [0.1, 0.15) is 13.3 Å². The molecule has 0 aliphatic carbocycles. The molecule has 0 bridgehead atoms. The first-order valence-corrected chi connectivity index (χ1v) is 6.54. The number of aromatic nitrogens is 3. The molecule has 1 fully saturated rings. The van der Waals surface area contributed by atoms with Crippen molar-refractivity contribution in [3.05, 3.63) is 18.6 Å². The second-order valence-electron chi connectivity index (χ2n) is 4.85. The summed E-state index contributed by atoms with van der Waals surface area (Å²) in [5, 5.41) is 10.2. The summed E-state index contributed by atoms with van der Waals surface area (Å²) in [4.78, 5) is 24.9. The Kier molecular flexibility index (Phi) is 2.67. The van der Waals surface area contributed by atoms with Gasteiger partial charge in [-0.05, 0) is 19.4 Å². The van der Waals surface area contributed by atoms with E-state index in [1.54, 1.807) is 13.1 Å². The molecule has 2 aromatic rings. The smallest absolute Gasteiger partial charge is 0.330 e. The number of H-pyrrole nitrogens is 1. The molecule has 2 N–H and O–H groups in total. The lowest BCUT2D eigenvalue weighted by molar-refractivity contribution is -0.142. The van der Waals surface area contributed by atoms with Crippen molar-refractivity contribution in [3.8, 4) is 0 Å². The first kappa shape index (κ1) is 12.3. The minimum Gasteiger partial charge on any atom is -0.479 e. The maximum atomic E-state index is 11.7. The number of nitrogens with one attached hydrogen (secondary N) is 1. The predicted octanol–water partition coefficient (Wildman–Crippen LogP) is 1.31. The Morgan fingerprint density at radius 2 is 2.42 bits per heavy atom. The van der Waals surface area contributed by atoms with Gasteiger partial charge in [-0.15, -0.1) is 0 Å². The van der Waals surface area contributed by atoms with Gasteiger partial charge in [0.2, 0.25) is 0 Å². The van der Waals surface area contributed by atoms with Crippen LogP contribution in [-0.2, 0) is 4.79 Å². The molecule has 0 radical (unpaired) electrons. The number of nitrogens with zero attached hydrogens (tertiary/aromatic N) is 3. The van der Waals surface area contributed by atoms with Gasteiger partial charge in [0.25, 0.3) is 0 Å². The SMILES string of the molecule is CC1(C(=O)O)C(S)CCN1c1ncnc2[nH]ccc12. The van der Waals surface area contributed by atoms with Crippen LogP contribution < -0.4 is 4.90 Å². The van der Waals surface area contributed by atoms with Gasteiger partial charge in [0.1, 0.15) is 23.3 Å². The maximum Gasteiger partial charge on any atom is 0.330 e. The van der Waals surface area contributed by atoms with E-state index in [2.05, 4.69) is 27.6 Å². The van der Waals surface area contributed by atoms with Crippen LogP contribution in [0.15, 0.2) is 18.6 Å². The van der Waals surface area contributed by atoms with Crippen LogP contribution >= 0.6 is 12.6 Å². The van der Waals surface area contributed by atoms with E-state index in [0.717, 1.165) is 5.39 Å². The average molecular weight is 278 g/mol. The van der Waals surface area contributed by atoms with Crippen molar-refractivity contribution in [1.82, 2.24) is 15.0 Å². The molecule has 0 amide bonds. The van der Waals surface area contributed by atoms with Crippen LogP contribution in [0.25, 0.3) is 11.0 Å². The molecule has 6 nitrogen and oxygen atoms in total. The van der Waals surface area contributed by atoms with Crippen LogP contribution in [0.4, 0.5) is 5.82 Å². The molecule has 1 aliphatic rings. The lowest BCUT2D eigenvalue weighted by atomic mass is 9.98. The van der Waals surface area contributed by atoms with Gasteiger partial charge >= 0.3 is 5.97 Å². The van der Waals surface area contributed by atoms with E-state index in [-0.39, 0.29) is 5.25 Å². The molecule has 3 rings (SSSR count). The number of carboxylic acid groups (broad SMARTS) is 1. The minimum absolute atomic E-state index is 0.228. The van der Waals surface area contributed by atoms with E-state index in [0.29, 0.717) is 24.4 Å². The Hall–Kier alpha value is -1.76. The van der Waals surface area contributed by atoms with Crippen LogP contribution in [0.3, 0.4) is 0 Å². The van der Waals surface area contributed by atoms with Gasteiger partial charge < -0.3 is 15.0 Å². The molecule has 2 aromatic heterocycles. The zero-order valence-electron chi connectivity index (χ0n) is 10.4. The topological polar surface area (TPSA) is 82.1 Å². The highest BCUT2D eigenvalue weighted by Gasteiger charge is 2.50. The van der Waals surface area contributed by atoms with E-state index in [4.69, 9.17) is 0 Å². The number of hydrogen-bond acceptors (Lipinski definition) is 5. The van der Waals surface area contributed by atoms with Crippen LogP contribution in [0.5, 0.6) is 0 Å². The van der Waals surface area contributed by atoms with E-state index >= 15 is 0 Å². The van der Waals surface area contributed by atoms with Gasteiger partial charge in [-0.25, -0.2) is 14.8 Å². The van der Waals surface area contributed by atoms with E-state index in [1.165, 1.54) is 6.33 Å². The molecule has 1 aliphatic heterocycles. The zero-order valence-corrected chi connectivity index (χ0v) is 11.3. The first-order valence-electron chi connectivity index (χ1n) is 6.02. The van der Waals surface area contributed by atoms with E-state index in [9.17, 15) is 9.90 Å². The van der Waals surface area contributed by atoms with Crippen LogP contribution in [0, 0.1) is 0 Å². The molecule has 0 aromatic carbocycles. The summed E-state index contributed by atoms with van der Waals surface area (Å²) in [5.41, 5.74) is -0.345. The molecule has 1 saturated heterocycles. The first-order chi connectivity index (χ1) is 9.05. The van der Waals surface area contributed by atoms with Gasteiger partial charge in [-0.2, -0.15) is 12.6 Å². The molecule has 100 valence electrons. The molecular formula is C12H14N4O2S. The quantitative estimate of drug-likeness (QED) is 0.722. The van der Waals surface area contributed by atoms with Gasteiger partial charge in [-0.1, -0.05) is 0 Å². The van der Waals surface area contributed by atoms with Crippen molar-refractivity contribution in [3.63, 3.8) is 0 Å². The Balaban J connectivity index is 2.16. The van der Waals surface area contributed by atoms with Crippen molar-refractivity contribution < 1.29 is 9.90 Å². The summed E-state index contributed by atoms with van der Waals surface area (Å²) in [6, 6.07) is 1.86. The number of aromatic amines is 1. The number of carbonyl (C=O) groups is 1. The molecule has 0 spiro atoms. The normalized spacial score (nSPS) is 27.1. The molecule has 2 atom stereocenters. The largest absolute Gasteiger partial charge is 0.479 e. The number of fused-ring (bicyclic) bond motifs is 1. The van der Waals surface area contributed by atoms with Crippen molar-refractivity contribution in [2.45, 2.75) is 24.1 Å². The number of carboxylic acids is 1. The highest BCUT2D eigenvalue weighted by Crippen LogP contribution is 2.38. The van der Waals surface area contributed by atoms with Crippen LogP contribution in [-0.4, -0.2) is 43.4 Å². The fraction of sp³-hybridized carbons (Fsp3) is 0.417. The predicted molar refractivity (Wildman–Crippen MR) is 74.7 cm³/mol. The molecule has 0 saturated carbocycles. The standard InChI is InChI=1S/C12H14N4O2S/c1-12(11(17)18)8(19)3-5-16(12)10-7-2-4-13-9(7)14-6-15-10/h2,4,6,8,19H,3,5H2,1H3,(H,17,18)(H,13,14,15). The summed E-state index contributed by atoms with van der Waals surface area (Å²) in [7, 11) is 0. The lowest BCUT2D eigenvalue weighted by Gasteiger charge is -2.34. The highest BCUT2D eigenvalue weighted by molar-refractivity contribution is 7.81. The van der Waals surface area contributed by atoms with Gasteiger partial charge in [-0.3, -0.25) is 0 Å². The maximum absolute atomic E-state index is 11.7. The number of thiol groups is 1. The van der Waals surface area contributed by atoms with E-state index in [1.807, 2.05) is 11.0 Å². The van der Waals surface area contributed by atoms with Crippen LogP contribution in [0.2, 0.25) is 0 Å². The summed E-state index contributed by atoms with van der Waals surface area (Å²) >= 11 is 4.43. The molecule has 19 heavy (non-hydrogen) atoms. The second-order valence-corrected chi connectivity index (χ2v) is 5.47. The lowest BCUT2D eigenvalue weighted by Crippen LogP contribution is -2.53. The summed E-state index contributed by atoms with van der Waals surface area (Å²) in [6.45, 7) is 2.31. The fourth-order valence-electron chi connectivity index (χ4n) is 2.60. The number of anilines is 1. The average Bonchev–Trinajstić information content (AvgIpc) is 2.96. The van der Waals surface area contributed by atoms with Gasteiger partial charge in [0, 0.05) is 18.0 Å². The van der Waals surface area contributed by atoms with Crippen molar-refractivity contribution in [2.24, 2.45) is 0 Å². The van der Waals surface area contributed by atoms with Gasteiger partial charge in [0.05, 0.1) is 5.39 Å². The second kappa shape index (κ2) is 4.12. The minimum atomic E-state index is -1.05. The summed E-state index contributed by atoms with van der Waals surface area (Å²) in [5.74, 6) is -0.236. The Bertz CT molecular complexity index is 643. The Morgan fingerprint density at radius 1 is 1.63 bits per heavy atom. The fourth-order valence-corrected chi connectivity index (χ4v) is 2.97. The molecular weight excluding hydrogens is 264 g/mol. The third-order valence-electron chi connectivity index (χ3n) is 3.86. The molecule has 3 heterocycles. The Morgan fingerprint density at radius 3 is 3.16 bits per heavy atom. The monoisotopic (exact) mass is 278 g/mol. The summed E-state index contributed by atoms with van der Waals surface area (Å²) < 4.78 is 0. The number of aliphatic carboxylic acids is 1. The Labute approximate surface area is 115 Å². The van der Waals surface area contributed by atoms with Crippen molar-refractivity contribution >= 4 is 35.4 Å². The molecule has 2 unspecified atom stereocenters. The van der Waals surface area contributed by atoms with E-state index < -0.39 is 11.5 Å². The van der Waals surface area contributed by atoms with Gasteiger partial charge in [0.15, 0.2) is 0 Å². The molecule has 7 heteroatoms.